The molecule has 1 aromatic rings. The molecule has 0 saturated carbocycles. The highest BCUT2D eigenvalue weighted by atomic mass is 35.5. The fourth-order valence-corrected chi connectivity index (χ4v) is 3.05. The van der Waals surface area contributed by atoms with Crippen LogP contribution >= 0.6 is 22.9 Å². The van der Waals surface area contributed by atoms with E-state index >= 15 is 0 Å². The summed E-state index contributed by atoms with van der Waals surface area (Å²) in [5, 5.41) is 12.8. The molecular weight excluding hydrogens is 220 g/mol. The summed E-state index contributed by atoms with van der Waals surface area (Å²) in [6, 6.07) is 0. The van der Waals surface area contributed by atoms with Gasteiger partial charge in [0.05, 0.1) is 22.6 Å². The Morgan fingerprint density at radius 3 is 3.00 bits per heavy atom. The minimum Gasteiger partial charge on any atom is -0.387 e. The third-order valence-electron chi connectivity index (χ3n) is 2.61. The molecule has 0 spiro atoms. The van der Waals surface area contributed by atoms with E-state index in [0.717, 1.165) is 28.5 Å². The van der Waals surface area contributed by atoms with Crippen LogP contribution in [0, 0.1) is 12.8 Å². The molecule has 4 heteroatoms. The van der Waals surface area contributed by atoms with Gasteiger partial charge in [-0.25, -0.2) is 0 Å². The van der Waals surface area contributed by atoms with Gasteiger partial charge in [0.15, 0.2) is 0 Å². The van der Waals surface area contributed by atoms with E-state index in [4.69, 9.17) is 16.3 Å². The Labute approximate surface area is 92.5 Å². The molecule has 2 nitrogen and oxygen atoms in total. The fraction of sp³-hybridized carbons (Fsp3) is 0.600. The molecular formula is C10H13ClO2S. The molecule has 0 bridgehead atoms. The second kappa shape index (κ2) is 4.19. The van der Waals surface area contributed by atoms with Crippen LogP contribution < -0.4 is 0 Å². The SMILES string of the molecule is Cc1csc(C(O)C2CCOC2)c1Cl. The molecule has 2 unspecified atom stereocenters. The van der Waals surface area contributed by atoms with Crippen LogP contribution in [0.25, 0.3) is 0 Å². The minimum absolute atomic E-state index is 0.213. The lowest BCUT2D eigenvalue weighted by molar-refractivity contribution is 0.0945. The molecule has 0 aromatic carbocycles. The molecule has 1 aliphatic heterocycles. The normalized spacial score (nSPS) is 24.1. The van der Waals surface area contributed by atoms with Gasteiger partial charge < -0.3 is 9.84 Å². The Balaban J connectivity index is 2.17. The zero-order valence-corrected chi connectivity index (χ0v) is 9.57. The van der Waals surface area contributed by atoms with Crippen molar-refractivity contribution in [3.8, 4) is 0 Å². The maximum atomic E-state index is 10.1. The van der Waals surface area contributed by atoms with Gasteiger partial charge in [0.1, 0.15) is 0 Å². The predicted octanol–water partition coefficient (Wildman–Crippen LogP) is 2.78. The number of aliphatic hydroxyl groups is 1. The highest BCUT2D eigenvalue weighted by Crippen LogP contribution is 2.38. The zero-order chi connectivity index (χ0) is 10.1. The topological polar surface area (TPSA) is 29.5 Å². The lowest BCUT2D eigenvalue weighted by Crippen LogP contribution is -2.11. The van der Waals surface area contributed by atoms with E-state index in [-0.39, 0.29) is 5.92 Å². The van der Waals surface area contributed by atoms with Gasteiger partial charge in [0.2, 0.25) is 0 Å². The average Bonchev–Trinajstić information content (AvgIpc) is 2.77. The van der Waals surface area contributed by atoms with E-state index in [0.29, 0.717) is 6.61 Å². The molecule has 0 radical (unpaired) electrons. The summed E-state index contributed by atoms with van der Waals surface area (Å²) in [6.07, 6.45) is 0.470. The molecule has 1 aliphatic rings. The Hall–Kier alpha value is -0.0900. The van der Waals surface area contributed by atoms with Gasteiger partial charge in [-0.15, -0.1) is 11.3 Å². The van der Waals surface area contributed by atoms with Crippen molar-refractivity contribution in [2.75, 3.05) is 13.2 Å². The molecule has 2 heterocycles. The number of thiophene rings is 1. The first-order valence-corrected chi connectivity index (χ1v) is 5.95. The van der Waals surface area contributed by atoms with Crippen LogP contribution in [0.3, 0.4) is 0 Å². The third kappa shape index (κ3) is 1.82. The summed E-state index contributed by atoms with van der Waals surface area (Å²) < 4.78 is 5.25. The van der Waals surface area contributed by atoms with Crippen molar-refractivity contribution >= 4 is 22.9 Å². The van der Waals surface area contributed by atoms with E-state index in [2.05, 4.69) is 0 Å². The number of hydrogen-bond donors (Lipinski definition) is 1. The first-order valence-electron chi connectivity index (χ1n) is 4.69. The van der Waals surface area contributed by atoms with Crippen LogP contribution in [0.2, 0.25) is 5.02 Å². The van der Waals surface area contributed by atoms with Gasteiger partial charge in [-0.05, 0) is 24.3 Å². The molecule has 1 saturated heterocycles. The smallest absolute Gasteiger partial charge is 0.0947 e. The largest absolute Gasteiger partial charge is 0.387 e. The summed E-state index contributed by atoms with van der Waals surface area (Å²) in [4.78, 5) is 0.889. The van der Waals surface area contributed by atoms with Crippen LogP contribution in [-0.4, -0.2) is 18.3 Å². The van der Waals surface area contributed by atoms with Crippen molar-refractivity contribution in [2.45, 2.75) is 19.4 Å². The fourth-order valence-electron chi connectivity index (χ4n) is 1.67. The number of aliphatic hydroxyl groups excluding tert-OH is 1. The van der Waals surface area contributed by atoms with Crippen molar-refractivity contribution in [3.05, 3.63) is 20.8 Å². The van der Waals surface area contributed by atoms with Crippen LogP contribution in [0.4, 0.5) is 0 Å². The molecule has 2 atom stereocenters. The number of aryl methyl sites for hydroxylation is 1. The van der Waals surface area contributed by atoms with E-state index < -0.39 is 6.10 Å². The highest BCUT2D eigenvalue weighted by molar-refractivity contribution is 7.10. The Morgan fingerprint density at radius 2 is 2.50 bits per heavy atom. The highest BCUT2D eigenvalue weighted by Gasteiger charge is 2.28. The lowest BCUT2D eigenvalue weighted by Gasteiger charge is -2.15. The standard InChI is InChI=1S/C10H13ClO2S/c1-6-5-14-10(8(6)11)9(12)7-2-3-13-4-7/h5,7,9,12H,2-4H2,1H3. The van der Waals surface area contributed by atoms with Gasteiger partial charge in [-0.1, -0.05) is 11.6 Å². The molecule has 1 aromatic heterocycles. The van der Waals surface area contributed by atoms with E-state index in [1.54, 1.807) is 0 Å². The average molecular weight is 233 g/mol. The number of hydrogen-bond acceptors (Lipinski definition) is 3. The quantitative estimate of drug-likeness (QED) is 0.850. The van der Waals surface area contributed by atoms with Gasteiger partial charge in [0.25, 0.3) is 0 Å². The van der Waals surface area contributed by atoms with E-state index in [9.17, 15) is 5.11 Å². The number of ether oxygens (including phenoxy) is 1. The molecule has 2 rings (SSSR count). The van der Waals surface area contributed by atoms with Crippen LogP contribution in [-0.2, 0) is 4.74 Å². The Bertz CT molecular complexity index is 318. The maximum Gasteiger partial charge on any atom is 0.0947 e. The Morgan fingerprint density at radius 1 is 1.71 bits per heavy atom. The van der Waals surface area contributed by atoms with Crippen LogP contribution in [0.1, 0.15) is 23.0 Å². The summed E-state index contributed by atoms with van der Waals surface area (Å²) >= 11 is 7.63. The number of halogens is 1. The molecule has 14 heavy (non-hydrogen) atoms. The minimum atomic E-state index is -0.455. The molecule has 0 aliphatic carbocycles. The summed E-state index contributed by atoms with van der Waals surface area (Å²) in [5.41, 5.74) is 1.05. The first-order chi connectivity index (χ1) is 6.70. The van der Waals surface area contributed by atoms with Crippen molar-refractivity contribution in [3.63, 3.8) is 0 Å². The van der Waals surface area contributed by atoms with E-state index in [1.807, 2.05) is 12.3 Å². The van der Waals surface area contributed by atoms with Gasteiger partial charge in [-0.3, -0.25) is 0 Å². The van der Waals surface area contributed by atoms with E-state index in [1.165, 1.54) is 11.3 Å². The second-order valence-corrected chi connectivity index (χ2v) is 4.95. The van der Waals surface area contributed by atoms with Crippen LogP contribution in [0.15, 0.2) is 5.38 Å². The van der Waals surface area contributed by atoms with Crippen molar-refractivity contribution in [1.29, 1.82) is 0 Å². The molecule has 1 N–H and O–H groups in total. The van der Waals surface area contributed by atoms with Gasteiger partial charge in [0, 0.05) is 12.5 Å². The third-order valence-corrected chi connectivity index (χ3v) is 4.39. The Kier molecular flexibility index (Phi) is 3.12. The van der Waals surface area contributed by atoms with Gasteiger partial charge >= 0.3 is 0 Å². The van der Waals surface area contributed by atoms with Crippen molar-refractivity contribution < 1.29 is 9.84 Å². The predicted molar refractivity (Wildman–Crippen MR) is 58.0 cm³/mol. The van der Waals surface area contributed by atoms with Crippen molar-refractivity contribution in [2.24, 2.45) is 5.92 Å². The van der Waals surface area contributed by atoms with Crippen molar-refractivity contribution in [1.82, 2.24) is 0 Å². The number of rotatable bonds is 2. The molecule has 0 amide bonds. The summed E-state index contributed by atoms with van der Waals surface area (Å²) in [6.45, 7) is 3.36. The summed E-state index contributed by atoms with van der Waals surface area (Å²) in [5.74, 6) is 0.213. The monoisotopic (exact) mass is 232 g/mol. The maximum absolute atomic E-state index is 10.1. The van der Waals surface area contributed by atoms with Crippen LogP contribution in [0.5, 0.6) is 0 Å². The zero-order valence-electron chi connectivity index (χ0n) is 8.00. The lowest BCUT2D eigenvalue weighted by atomic mass is 10.0. The van der Waals surface area contributed by atoms with Gasteiger partial charge in [-0.2, -0.15) is 0 Å². The molecule has 78 valence electrons. The summed E-state index contributed by atoms with van der Waals surface area (Å²) in [7, 11) is 0. The second-order valence-electron chi connectivity index (χ2n) is 3.67. The molecule has 1 fully saturated rings. The first kappa shape index (κ1) is 10.4.